The number of methoxy groups -OCH3 is 1. The van der Waals surface area contributed by atoms with Crippen molar-refractivity contribution in [3.63, 3.8) is 0 Å². The van der Waals surface area contributed by atoms with Gasteiger partial charge in [-0.1, -0.05) is 0 Å². The number of hydrogen-bond acceptors (Lipinski definition) is 4. The van der Waals surface area contributed by atoms with Crippen LogP contribution in [0.5, 0.6) is 0 Å². The third-order valence-corrected chi connectivity index (χ3v) is 2.72. The smallest absolute Gasteiger partial charge is 0.307 e. The van der Waals surface area contributed by atoms with E-state index in [0.29, 0.717) is 24.3 Å². The fourth-order valence-electron chi connectivity index (χ4n) is 1.61. The molecule has 98 valence electrons. The number of nitrogens with zero attached hydrogens (tertiary/aromatic N) is 2. The Morgan fingerprint density at radius 1 is 1.44 bits per heavy atom. The van der Waals surface area contributed by atoms with E-state index >= 15 is 0 Å². The molecular formula is C13H18N2O3. The van der Waals surface area contributed by atoms with Crippen molar-refractivity contribution in [1.29, 1.82) is 0 Å². The summed E-state index contributed by atoms with van der Waals surface area (Å²) in [4.78, 5) is 29.0. The van der Waals surface area contributed by atoms with Crippen molar-refractivity contribution < 1.29 is 14.3 Å². The maximum Gasteiger partial charge on any atom is 0.307 e. The van der Waals surface area contributed by atoms with Gasteiger partial charge in [-0.3, -0.25) is 14.6 Å². The Kier molecular flexibility index (Phi) is 5.30. The SMILES string of the molecule is CCN(CCC(=O)OC)C(=O)c1cccnc1C. The molecule has 0 aliphatic carbocycles. The number of carbonyl (C=O) groups excluding carboxylic acids is 2. The monoisotopic (exact) mass is 250 g/mol. The Hall–Kier alpha value is -1.91. The maximum absolute atomic E-state index is 12.2. The second kappa shape index (κ2) is 6.74. The van der Waals surface area contributed by atoms with Crippen LogP contribution in [0, 0.1) is 6.92 Å². The highest BCUT2D eigenvalue weighted by atomic mass is 16.5. The molecule has 1 amide bonds. The molecule has 1 aromatic heterocycles. The molecule has 5 heteroatoms. The summed E-state index contributed by atoms with van der Waals surface area (Å²) in [6.07, 6.45) is 1.85. The molecule has 0 unspecified atom stereocenters. The van der Waals surface area contributed by atoms with Crippen molar-refractivity contribution in [3.05, 3.63) is 29.6 Å². The first-order valence-corrected chi connectivity index (χ1v) is 5.87. The van der Waals surface area contributed by atoms with Crippen molar-refractivity contribution in [2.45, 2.75) is 20.3 Å². The lowest BCUT2D eigenvalue weighted by atomic mass is 10.1. The normalized spacial score (nSPS) is 9.94. The Bertz CT molecular complexity index is 432. The average molecular weight is 250 g/mol. The number of ether oxygens (including phenoxy) is 1. The van der Waals surface area contributed by atoms with Crippen molar-refractivity contribution in [2.75, 3.05) is 20.2 Å². The van der Waals surface area contributed by atoms with Crippen LogP contribution in [-0.4, -0.2) is 42.0 Å². The predicted molar refractivity (Wildman–Crippen MR) is 67.2 cm³/mol. The highest BCUT2D eigenvalue weighted by Crippen LogP contribution is 2.08. The molecule has 0 saturated carbocycles. The van der Waals surface area contributed by atoms with Crippen LogP contribution in [0.25, 0.3) is 0 Å². The zero-order chi connectivity index (χ0) is 13.5. The van der Waals surface area contributed by atoms with Crippen molar-refractivity contribution in [2.24, 2.45) is 0 Å². The zero-order valence-electron chi connectivity index (χ0n) is 11.0. The second-order valence-electron chi connectivity index (χ2n) is 3.85. The van der Waals surface area contributed by atoms with Gasteiger partial charge >= 0.3 is 5.97 Å². The van der Waals surface area contributed by atoms with Crippen LogP contribution in [0.3, 0.4) is 0 Å². The van der Waals surface area contributed by atoms with E-state index < -0.39 is 0 Å². The minimum atomic E-state index is -0.316. The first-order valence-electron chi connectivity index (χ1n) is 5.87. The molecule has 0 saturated heterocycles. The molecule has 0 aromatic carbocycles. The molecule has 0 fully saturated rings. The van der Waals surface area contributed by atoms with E-state index in [2.05, 4.69) is 9.72 Å². The Labute approximate surface area is 107 Å². The van der Waals surface area contributed by atoms with Crippen LogP contribution < -0.4 is 0 Å². The summed E-state index contributed by atoms with van der Waals surface area (Å²) >= 11 is 0. The van der Waals surface area contributed by atoms with Crippen LogP contribution in [0.1, 0.15) is 29.4 Å². The highest BCUT2D eigenvalue weighted by Gasteiger charge is 2.17. The number of aryl methyl sites for hydroxylation is 1. The van der Waals surface area contributed by atoms with Gasteiger partial charge < -0.3 is 9.64 Å². The van der Waals surface area contributed by atoms with Crippen molar-refractivity contribution in [3.8, 4) is 0 Å². The second-order valence-corrected chi connectivity index (χ2v) is 3.85. The number of hydrogen-bond donors (Lipinski definition) is 0. The molecule has 0 aliphatic heterocycles. The largest absolute Gasteiger partial charge is 0.469 e. The van der Waals surface area contributed by atoms with Gasteiger partial charge in [0.25, 0.3) is 5.91 Å². The summed E-state index contributed by atoms with van der Waals surface area (Å²) in [5.41, 5.74) is 1.27. The number of esters is 1. The number of carbonyl (C=O) groups is 2. The van der Waals surface area contributed by atoms with Gasteiger partial charge in [-0.05, 0) is 26.0 Å². The Balaban J connectivity index is 2.74. The molecule has 0 radical (unpaired) electrons. The number of rotatable bonds is 5. The molecule has 1 aromatic rings. The van der Waals surface area contributed by atoms with Gasteiger partial charge in [-0.2, -0.15) is 0 Å². The summed E-state index contributed by atoms with van der Waals surface area (Å²) < 4.78 is 4.57. The molecule has 1 rings (SSSR count). The van der Waals surface area contributed by atoms with Crippen LogP contribution in [0.15, 0.2) is 18.3 Å². The maximum atomic E-state index is 12.2. The summed E-state index contributed by atoms with van der Waals surface area (Å²) in [6.45, 7) is 4.57. The van der Waals surface area contributed by atoms with Crippen LogP contribution >= 0.6 is 0 Å². The summed E-state index contributed by atoms with van der Waals surface area (Å²) in [6, 6.07) is 3.47. The zero-order valence-corrected chi connectivity index (χ0v) is 11.0. The van der Waals surface area contributed by atoms with E-state index in [1.165, 1.54) is 7.11 Å². The molecule has 5 nitrogen and oxygen atoms in total. The highest BCUT2D eigenvalue weighted by molar-refractivity contribution is 5.95. The van der Waals surface area contributed by atoms with Crippen LogP contribution in [0.4, 0.5) is 0 Å². The lowest BCUT2D eigenvalue weighted by Gasteiger charge is -2.20. The first kappa shape index (κ1) is 14.2. The number of amides is 1. The fraction of sp³-hybridized carbons (Fsp3) is 0.462. The van der Waals surface area contributed by atoms with Crippen LogP contribution in [0.2, 0.25) is 0 Å². The predicted octanol–water partition coefficient (Wildman–Crippen LogP) is 1.42. The van der Waals surface area contributed by atoms with E-state index in [9.17, 15) is 9.59 Å². The molecule has 0 aliphatic rings. The number of pyridine rings is 1. The number of aromatic nitrogens is 1. The topological polar surface area (TPSA) is 59.5 Å². The van der Waals surface area contributed by atoms with Gasteiger partial charge in [0.1, 0.15) is 0 Å². The van der Waals surface area contributed by atoms with Crippen molar-refractivity contribution >= 4 is 11.9 Å². The molecule has 18 heavy (non-hydrogen) atoms. The van der Waals surface area contributed by atoms with E-state index in [1.807, 2.05) is 6.92 Å². The van der Waals surface area contributed by atoms with Gasteiger partial charge in [-0.15, -0.1) is 0 Å². The van der Waals surface area contributed by atoms with E-state index in [0.717, 1.165) is 0 Å². The summed E-state index contributed by atoms with van der Waals surface area (Å²) in [5, 5.41) is 0. The summed E-state index contributed by atoms with van der Waals surface area (Å²) in [5.74, 6) is -0.420. The molecular weight excluding hydrogens is 232 g/mol. The quantitative estimate of drug-likeness (QED) is 0.741. The minimum Gasteiger partial charge on any atom is -0.469 e. The lowest BCUT2D eigenvalue weighted by Crippen LogP contribution is -2.33. The molecule has 0 N–H and O–H groups in total. The van der Waals surface area contributed by atoms with Crippen LogP contribution in [-0.2, 0) is 9.53 Å². The summed E-state index contributed by atoms with van der Waals surface area (Å²) in [7, 11) is 1.34. The third kappa shape index (κ3) is 3.55. The van der Waals surface area contributed by atoms with Gasteiger partial charge in [-0.25, -0.2) is 0 Å². The molecule has 0 atom stereocenters. The van der Waals surface area contributed by atoms with Gasteiger partial charge in [0.05, 0.1) is 19.1 Å². The van der Waals surface area contributed by atoms with Crippen molar-refractivity contribution in [1.82, 2.24) is 9.88 Å². The molecule has 0 bridgehead atoms. The Morgan fingerprint density at radius 2 is 2.17 bits per heavy atom. The van der Waals surface area contributed by atoms with E-state index in [1.54, 1.807) is 30.2 Å². The van der Waals surface area contributed by atoms with Gasteiger partial charge in [0.2, 0.25) is 0 Å². The van der Waals surface area contributed by atoms with E-state index in [-0.39, 0.29) is 18.3 Å². The fourth-order valence-corrected chi connectivity index (χ4v) is 1.61. The first-order chi connectivity index (χ1) is 8.60. The minimum absolute atomic E-state index is 0.105. The van der Waals surface area contributed by atoms with Gasteiger partial charge in [0, 0.05) is 25.0 Å². The van der Waals surface area contributed by atoms with E-state index in [4.69, 9.17) is 0 Å². The molecule has 0 spiro atoms. The lowest BCUT2D eigenvalue weighted by molar-refractivity contribution is -0.140. The van der Waals surface area contributed by atoms with Gasteiger partial charge in [0.15, 0.2) is 0 Å². The third-order valence-electron chi connectivity index (χ3n) is 2.72. The standard InChI is InChI=1S/C13H18N2O3/c1-4-15(9-7-12(16)18-3)13(17)11-6-5-8-14-10(11)2/h5-6,8H,4,7,9H2,1-3H3. The Morgan fingerprint density at radius 3 is 2.72 bits per heavy atom. The average Bonchev–Trinajstić information content (AvgIpc) is 2.39. The molecule has 1 heterocycles.